The van der Waals surface area contributed by atoms with Crippen molar-refractivity contribution in [3.8, 4) is 0 Å². The van der Waals surface area contributed by atoms with Gasteiger partial charge in [-0.25, -0.2) is 0 Å². The van der Waals surface area contributed by atoms with Gasteiger partial charge in [0.05, 0.1) is 13.2 Å². The molecule has 1 unspecified atom stereocenters. The summed E-state index contributed by atoms with van der Waals surface area (Å²) in [5.41, 5.74) is 2.51. The Kier molecular flexibility index (Phi) is 3.81. The molecule has 0 N–H and O–H groups in total. The van der Waals surface area contributed by atoms with Gasteiger partial charge in [0, 0.05) is 10.9 Å². The van der Waals surface area contributed by atoms with Gasteiger partial charge in [-0.3, -0.25) is 0 Å². The lowest BCUT2D eigenvalue weighted by Gasteiger charge is -2.03. The van der Waals surface area contributed by atoms with Crippen molar-refractivity contribution in [2.45, 2.75) is 6.92 Å². The molecule has 1 aromatic carbocycles. The summed E-state index contributed by atoms with van der Waals surface area (Å²) < 4.78 is 5.47. The van der Waals surface area contributed by atoms with Crippen LogP contribution in [0.1, 0.15) is 12.5 Å². The zero-order chi connectivity index (χ0) is 11.4. The smallest absolute Gasteiger partial charge is 0.0687 e. The number of halogens is 1. The molecule has 16 heavy (non-hydrogen) atoms. The SMILES string of the molecule is C/C=C/C1COC/C1=C\c1ccc(Cl)cc1. The highest BCUT2D eigenvalue weighted by atomic mass is 35.5. The van der Waals surface area contributed by atoms with E-state index < -0.39 is 0 Å². The van der Waals surface area contributed by atoms with Crippen LogP contribution >= 0.6 is 11.6 Å². The van der Waals surface area contributed by atoms with E-state index in [0.717, 1.165) is 18.2 Å². The topological polar surface area (TPSA) is 9.23 Å². The Hall–Kier alpha value is -1.05. The molecular weight excluding hydrogens is 220 g/mol. The maximum absolute atomic E-state index is 5.85. The van der Waals surface area contributed by atoms with Crippen molar-refractivity contribution >= 4 is 17.7 Å². The highest BCUT2D eigenvalue weighted by molar-refractivity contribution is 6.30. The van der Waals surface area contributed by atoms with Gasteiger partial charge in [-0.2, -0.15) is 0 Å². The maximum Gasteiger partial charge on any atom is 0.0687 e. The molecule has 1 fully saturated rings. The summed E-state index contributed by atoms with van der Waals surface area (Å²) in [7, 11) is 0. The summed E-state index contributed by atoms with van der Waals surface area (Å²) in [4.78, 5) is 0. The van der Waals surface area contributed by atoms with E-state index in [9.17, 15) is 0 Å². The van der Waals surface area contributed by atoms with Crippen LogP contribution in [0.3, 0.4) is 0 Å². The van der Waals surface area contributed by atoms with Gasteiger partial charge in [0.25, 0.3) is 0 Å². The van der Waals surface area contributed by atoms with Gasteiger partial charge in [-0.15, -0.1) is 0 Å². The molecule has 1 heterocycles. The van der Waals surface area contributed by atoms with E-state index in [0.29, 0.717) is 5.92 Å². The Bertz CT molecular complexity index is 403. The third-order valence-electron chi connectivity index (χ3n) is 2.69. The zero-order valence-electron chi connectivity index (χ0n) is 9.32. The normalized spacial score (nSPS) is 23.4. The minimum Gasteiger partial charge on any atom is -0.376 e. The molecule has 1 aliphatic rings. The monoisotopic (exact) mass is 234 g/mol. The number of ether oxygens (including phenoxy) is 1. The fraction of sp³-hybridized carbons (Fsp3) is 0.286. The van der Waals surface area contributed by atoms with Gasteiger partial charge >= 0.3 is 0 Å². The number of benzene rings is 1. The van der Waals surface area contributed by atoms with Crippen molar-refractivity contribution in [2.24, 2.45) is 5.92 Å². The Morgan fingerprint density at radius 1 is 1.31 bits per heavy atom. The minimum absolute atomic E-state index is 0.431. The fourth-order valence-electron chi connectivity index (χ4n) is 1.85. The van der Waals surface area contributed by atoms with Gasteiger partial charge in [0.1, 0.15) is 0 Å². The standard InChI is InChI=1S/C14H15ClO/c1-2-3-12-9-16-10-13(12)8-11-4-6-14(15)7-5-11/h2-8,12H,9-10H2,1H3/b3-2+,13-8+. The Labute approximate surface area is 101 Å². The molecule has 0 aromatic heterocycles. The lowest BCUT2D eigenvalue weighted by molar-refractivity contribution is 0.195. The van der Waals surface area contributed by atoms with Crippen LogP contribution in [0.5, 0.6) is 0 Å². The average Bonchev–Trinajstić information content (AvgIpc) is 2.70. The van der Waals surface area contributed by atoms with Crippen LogP contribution in [-0.4, -0.2) is 13.2 Å². The van der Waals surface area contributed by atoms with Crippen LogP contribution in [-0.2, 0) is 4.74 Å². The number of allylic oxidation sites excluding steroid dienone is 1. The van der Waals surface area contributed by atoms with Gasteiger partial charge in [0.2, 0.25) is 0 Å². The average molecular weight is 235 g/mol. The molecule has 2 rings (SSSR count). The van der Waals surface area contributed by atoms with Gasteiger partial charge in [-0.05, 0) is 30.2 Å². The highest BCUT2D eigenvalue weighted by Crippen LogP contribution is 2.24. The van der Waals surface area contributed by atoms with Gasteiger partial charge in [-0.1, -0.05) is 42.0 Å². The third-order valence-corrected chi connectivity index (χ3v) is 2.94. The van der Waals surface area contributed by atoms with E-state index in [2.05, 4.69) is 18.2 Å². The molecule has 1 aromatic rings. The van der Waals surface area contributed by atoms with Crippen molar-refractivity contribution in [2.75, 3.05) is 13.2 Å². The summed E-state index contributed by atoms with van der Waals surface area (Å²) in [6.45, 7) is 3.57. The Morgan fingerprint density at radius 2 is 2.06 bits per heavy atom. The van der Waals surface area contributed by atoms with Crippen molar-refractivity contribution < 1.29 is 4.74 Å². The van der Waals surface area contributed by atoms with Crippen molar-refractivity contribution in [1.29, 1.82) is 0 Å². The molecule has 0 spiro atoms. The van der Waals surface area contributed by atoms with Crippen LogP contribution < -0.4 is 0 Å². The van der Waals surface area contributed by atoms with E-state index >= 15 is 0 Å². The first-order chi connectivity index (χ1) is 7.79. The van der Waals surface area contributed by atoms with Crippen LogP contribution in [0.2, 0.25) is 5.02 Å². The minimum atomic E-state index is 0.431. The maximum atomic E-state index is 5.85. The Balaban J connectivity index is 2.19. The molecule has 1 nitrogen and oxygen atoms in total. The molecule has 0 amide bonds. The second-order valence-electron chi connectivity index (χ2n) is 3.92. The van der Waals surface area contributed by atoms with Crippen LogP contribution in [0, 0.1) is 5.92 Å². The first kappa shape index (κ1) is 11.4. The number of hydrogen-bond donors (Lipinski definition) is 0. The highest BCUT2D eigenvalue weighted by Gasteiger charge is 2.18. The van der Waals surface area contributed by atoms with E-state index in [1.165, 1.54) is 11.1 Å². The molecule has 1 saturated heterocycles. The fourth-order valence-corrected chi connectivity index (χ4v) is 1.98. The van der Waals surface area contributed by atoms with Crippen LogP contribution in [0.15, 0.2) is 42.0 Å². The van der Waals surface area contributed by atoms with E-state index in [4.69, 9.17) is 16.3 Å². The molecule has 0 aliphatic carbocycles. The second-order valence-corrected chi connectivity index (χ2v) is 4.35. The molecule has 0 radical (unpaired) electrons. The molecule has 2 heteroatoms. The summed E-state index contributed by atoms with van der Waals surface area (Å²) in [5, 5.41) is 0.773. The summed E-state index contributed by atoms with van der Waals surface area (Å²) in [6.07, 6.45) is 6.46. The quantitative estimate of drug-likeness (QED) is 0.705. The zero-order valence-corrected chi connectivity index (χ0v) is 10.1. The molecular formula is C14H15ClO. The lowest BCUT2D eigenvalue weighted by Crippen LogP contribution is -1.96. The van der Waals surface area contributed by atoms with Gasteiger partial charge in [0.15, 0.2) is 0 Å². The van der Waals surface area contributed by atoms with Crippen molar-refractivity contribution in [3.63, 3.8) is 0 Å². The predicted octanol–water partition coefficient (Wildman–Crippen LogP) is 3.95. The largest absolute Gasteiger partial charge is 0.376 e. The first-order valence-electron chi connectivity index (χ1n) is 5.46. The summed E-state index contributed by atoms with van der Waals surface area (Å²) in [5.74, 6) is 0.431. The molecule has 1 atom stereocenters. The van der Waals surface area contributed by atoms with Crippen LogP contribution in [0.25, 0.3) is 6.08 Å². The second kappa shape index (κ2) is 5.33. The summed E-state index contributed by atoms with van der Waals surface area (Å²) in [6, 6.07) is 7.88. The molecule has 0 bridgehead atoms. The van der Waals surface area contributed by atoms with Crippen molar-refractivity contribution in [1.82, 2.24) is 0 Å². The summed E-state index contributed by atoms with van der Waals surface area (Å²) >= 11 is 5.85. The predicted molar refractivity (Wildman–Crippen MR) is 68.6 cm³/mol. The molecule has 84 valence electrons. The lowest BCUT2D eigenvalue weighted by atomic mass is 10.00. The molecule has 0 saturated carbocycles. The van der Waals surface area contributed by atoms with Gasteiger partial charge < -0.3 is 4.74 Å². The third kappa shape index (κ3) is 2.75. The number of hydrogen-bond acceptors (Lipinski definition) is 1. The first-order valence-corrected chi connectivity index (χ1v) is 5.84. The molecule has 1 aliphatic heterocycles. The van der Waals surface area contributed by atoms with E-state index in [-0.39, 0.29) is 0 Å². The van der Waals surface area contributed by atoms with Crippen molar-refractivity contribution in [3.05, 3.63) is 52.6 Å². The van der Waals surface area contributed by atoms with Crippen LogP contribution in [0.4, 0.5) is 0 Å². The number of rotatable bonds is 2. The van der Waals surface area contributed by atoms with E-state index in [1.807, 2.05) is 31.2 Å². The van der Waals surface area contributed by atoms with E-state index in [1.54, 1.807) is 0 Å². The Morgan fingerprint density at radius 3 is 2.75 bits per heavy atom.